The molecule has 5 nitrogen and oxygen atoms in total. The lowest BCUT2D eigenvalue weighted by Crippen LogP contribution is -2.41. The second kappa shape index (κ2) is 6.71. The van der Waals surface area contributed by atoms with E-state index < -0.39 is 17.5 Å². The standard InChI is InChI=1S/C17H16ClNO4/c1-17(2,23-14-9-5-12(18)6-10-14)16(21)22-13-7-3-11(4-8-13)15(19)20/h3-10H,1-2H3,(H2,19,20). The molecule has 1 amide bonds. The highest BCUT2D eigenvalue weighted by molar-refractivity contribution is 6.30. The molecule has 23 heavy (non-hydrogen) atoms. The lowest BCUT2D eigenvalue weighted by Gasteiger charge is -2.24. The van der Waals surface area contributed by atoms with Gasteiger partial charge in [0.15, 0.2) is 0 Å². The minimum Gasteiger partial charge on any atom is -0.476 e. The normalized spacial score (nSPS) is 10.9. The molecule has 0 atom stereocenters. The molecular formula is C17H16ClNO4. The van der Waals surface area contributed by atoms with E-state index in [9.17, 15) is 9.59 Å². The van der Waals surface area contributed by atoms with Crippen LogP contribution in [0.2, 0.25) is 5.02 Å². The summed E-state index contributed by atoms with van der Waals surface area (Å²) in [5.74, 6) is -0.318. The molecule has 2 aromatic rings. The van der Waals surface area contributed by atoms with Gasteiger partial charge in [-0.25, -0.2) is 4.79 Å². The van der Waals surface area contributed by atoms with Gasteiger partial charge in [0.1, 0.15) is 11.5 Å². The van der Waals surface area contributed by atoms with Crippen LogP contribution >= 0.6 is 11.6 Å². The average molecular weight is 334 g/mol. The van der Waals surface area contributed by atoms with Crippen molar-refractivity contribution in [3.63, 3.8) is 0 Å². The number of carbonyl (C=O) groups is 2. The van der Waals surface area contributed by atoms with Gasteiger partial charge in [0, 0.05) is 10.6 Å². The van der Waals surface area contributed by atoms with Gasteiger partial charge in [-0.15, -0.1) is 0 Å². The van der Waals surface area contributed by atoms with E-state index in [1.807, 2.05) is 0 Å². The summed E-state index contributed by atoms with van der Waals surface area (Å²) in [6, 6.07) is 12.6. The van der Waals surface area contributed by atoms with Crippen molar-refractivity contribution in [2.45, 2.75) is 19.4 Å². The van der Waals surface area contributed by atoms with Gasteiger partial charge in [-0.3, -0.25) is 4.79 Å². The number of ether oxygens (including phenoxy) is 2. The maximum atomic E-state index is 12.3. The zero-order valence-electron chi connectivity index (χ0n) is 12.7. The molecule has 2 aromatic carbocycles. The first-order chi connectivity index (χ1) is 10.8. The van der Waals surface area contributed by atoms with Crippen molar-refractivity contribution in [1.29, 1.82) is 0 Å². The SMILES string of the molecule is CC(C)(Oc1ccc(Cl)cc1)C(=O)Oc1ccc(C(N)=O)cc1. The summed E-state index contributed by atoms with van der Waals surface area (Å²) in [6.07, 6.45) is 0. The zero-order chi connectivity index (χ0) is 17.0. The molecule has 0 heterocycles. The Labute approximate surface area is 139 Å². The first kappa shape index (κ1) is 16.8. The third kappa shape index (κ3) is 4.47. The number of rotatable bonds is 5. The van der Waals surface area contributed by atoms with Gasteiger partial charge >= 0.3 is 5.97 Å². The van der Waals surface area contributed by atoms with Gasteiger partial charge in [-0.2, -0.15) is 0 Å². The van der Waals surface area contributed by atoms with E-state index in [0.29, 0.717) is 22.1 Å². The average Bonchev–Trinajstić information content (AvgIpc) is 2.50. The van der Waals surface area contributed by atoms with Crippen LogP contribution in [-0.2, 0) is 4.79 Å². The van der Waals surface area contributed by atoms with Crippen LogP contribution < -0.4 is 15.2 Å². The van der Waals surface area contributed by atoms with Gasteiger partial charge in [0.25, 0.3) is 0 Å². The van der Waals surface area contributed by atoms with Gasteiger partial charge in [0.2, 0.25) is 11.5 Å². The highest BCUT2D eigenvalue weighted by Crippen LogP contribution is 2.23. The van der Waals surface area contributed by atoms with Crippen LogP contribution in [0.5, 0.6) is 11.5 Å². The van der Waals surface area contributed by atoms with E-state index in [1.54, 1.807) is 38.1 Å². The van der Waals surface area contributed by atoms with Crippen LogP contribution in [-0.4, -0.2) is 17.5 Å². The molecule has 0 radical (unpaired) electrons. The first-order valence-corrected chi connectivity index (χ1v) is 7.22. The topological polar surface area (TPSA) is 78.6 Å². The zero-order valence-corrected chi connectivity index (χ0v) is 13.5. The maximum absolute atomic E-state index is 12.3. The number of amides is 1. The molecule has 0 unspecified atom stereocenters. The molecule has 0 aliphatic rings. The van der Waals surface area contributed by atoms with Crippen LogP contribution in [0.1, 0.15) is 24.2 Å². The second-order valence-electron chi connectivity index (χ2n) is 5.34. The molecule has 2 N–H and O–H groups in total. The van der Waals surface area contributed by atoms with E-state index in [0.717, 1.165) is 0 Å². The largest absolute Gasteiger partial charge is 0.476 e. The van der Waals surface area contributed by atoms with Crippen molar-refractivity contribution in [2.24, 2.45) is 5.73 Å². The molecule has 0 fully saturated rings. The number of benzene rings is 2. The lowest BCUT2D eigenvalue weighted by molar-refractivity contribution is -0.149. The Hall–Kier alpha value is -2.53. The third-order valence-corrected chi connectivity index (χ3v) is 3.28. The van der Waals surface area contributed by atoms with E-state index in [2.05, 4.69) is 0 Å². The Kier molecular flexibility index (Phi) is 4.91. The number of halogens is 1. The second-order valence-corrected chi connectivity index (χ2v) is 5.78. The molecular weight excluding hydrogens is 318 g/mol. The molecule has 0 aliphatic carbocycles. The summed E-state index contributed by atoms with van der Waals surface area (Å²) in [7, 11) is 0. The fraction of sp³-hybridized carbons (Fsp3) is 0.176. The van der Waals surface area contributed by atoms with Crippen LogP contribution in [0, 0.1) is 0 Å². The molecule has 6 heteroatoms. The van der Waals surface area contributed by atoms with E-state index in [-0.39, 0.29) is 0 Å². The van der Waals surface area contributed by atoms with E-state index in [4.69, 9.17) is 26.8 Å². The molecule has 120 valence electrons. The van der Waals surface area contributed by atoms with Crippen molar-refractivity contribution in [3.05, 3.63) is 59.1 Å². The molecule has 0 spiro atoms. The summed E-state index contributed by atoms with van der Waals surface area (Å²) in [5.41, 5.74) is 4.29. The molecule has 0 saturated heterocycles. The van der Waals surface area contributed by atoms with Gasteiger partial charge in [0.05, 0.1) is 0 Å². The summed E-state index contributed by atoms with van der Waals surface area (Å²) < 4.78 is 10.9. The fourth-order valence-electron chi connectivity index (χ4n) is 1.76. The summed E-state index contributed by atoms with van der Waals surface area (Å²) >= 11 is 5.81. The number of primary amides is 1. The molecule has 0 bridgehead atoms. The smallest absolute Gasteiger partial charge is 0.355 e. The molecule has 0 saturated carbocycles. The highest BCUT2D eigenvalue weighted by Gasteiger charge is 2.32. The van der Waals surface area contributed by atoms with Crippen molar-refractivity contribution in [1.82, 2.24) is 0 Å². The number of nitrogens with two attached hydrogens (primary N) is 1. The van der Waals surface area contributed by atoms with Crippen LogP contribution in [0.15, 0.2) is 48.5 Å². The predicted octanol–water partition coefficient (Wildman–Crippen LogP) is 3.20. The number of carbonyl (C=O) groups excluding carboxylic acids is 2. The van der Waals surface area contributed by atoms with Gasteiger partial charge in [-0.1, -0.05) is 11.6 Å². The van der Waals surface area contributed by atoms with Crippen LogP contribution in [0.4, 0.5) is 0 Å². The third-order valence-electron chi connectivity index (χ3n) is 3.03. The Morgan fingerprint density at radius 1 is 0.957 bits per heavy atom. The number of esters is 1. The predicted molar refractivity (Wildman–Crippen MR) is 86.8 cm³/mol. The van der Waals surface area contributed by atoms with Gasteiger partial charge < -0.3 is 15.2 Å². The van der Waals surface area contributed by atoms with Gasteiger partial charge in [-0.05, 0) is 62.4 Å². The lowest BCUT2D eigenvalue weighted by atomic mass is 10.1. The molecule has 2 rings (SSSR count). The highest BCUT2D eigenvalue weighted by atomic mass is 35.5. The summed E-state index contributed by atoms with van der Waals surface area (Å²) in [5, 5.41) is 0.576. The minimum absolute atomic E-state index is 0.299. The van der Waals surface area contributed by atoms with E-state index in [1.165, 1.54) is 24.3 Å². The fourth-order valence-corrected chi connectivity index (χ4v) is 1.88. The monoisotopic (exact) mass is 333 g/mol. The van der Waals surface area contributed by atoms with E-state index >= 15 is 0 Å². The van der Waals surface area contributed by atoms with Crippen LogP contribution in [0.3, 0.4) is 0 Å². The van der Waals surface area contributed by atoms with Crippen molar-refractivity contribution in [2.75, 3.05) is 0 Å². The van der Waals surface area contributed by atoms with Crippen LogP contribution in [0.25, 0.3) is 0 Å². The summed E-state index contributed by atoms with van der Waals surface area (Å²) in [4.78, 5) is 23.3. The Morgan fingerprint density at radius 3 is 2.00 bits per heavy atom. The van der Waals surface area contributed by atoms with Crippen molar-refractivity contribution < 1.29 is 19.1 Å². The van der Waals surface area contributed by atoms with Crippen molar-refractivity contribution in [3.8, 4) is 11.5 Å². The van der Waals surface area contributed by atoms with Crippen molar-refractivity contribution >= 4 is 23.5 Å². The Morgan fingerprint density at radius 2 is 1.48 bits per heavy atom. The maximum Gasteiger partial charge on any atom is 0.355 e. The minimum atomic E-state index is -1.20. The quantitative estimate of drug-likeness (QED) is 0.673. The molecule has 0 aliphatic heterocycles. The summed E-state index contributed by atoms with van der Waals surface area (Å²) in [6.45, 7) is 3.20. The Bertz CT molecular complexity index is 708. The Balaban J connectivity index is 2.05. The first-order valence-electron chi connectivity index (χ1n) is 6.85. The number of hydrogen-bond acceptors (Lipinski definition) is 4. The number of hydrogen-bond donors (Lipinski definition) is 1. The molecule has 0 aromatic heterocycles.